The second-order valence-electron chi connectivity index (χ2n) is 5.47. The summed E-state index contributed by atoms with van der Waals surface area (Å²) in [7, 11) is 0. The van der Waals surface area contributed by atoms with Gasteiger partial charge in [-0.2, -0.15) is 0 Å². The molecule has 0 bridgehead atoms. The van der Waals surface area contributed by atoms with Crippen LogP contribution in [-0.2, 0) is 11.2 Å². The second-order valence-corrected chi connectivity index (χ2v) is 6.38. The van der Waals surface area contributed by atoms with Crippen molar-refractivity contribution >= 4 is 15.9 Å². The molecule has 1 aliphatic carbocycles. The second kappa shape index (κ2) is 5.32. The average Bonchev–Trinajstić information content (AvgIpc) is 2.93. The van der Waals surface area contributed by atoms with Crippen molar-refractivity contribution in [3.63, 3.8) is 0 Å². The van der Waals surface area contributed by atoms with Crippen LogP contribution in [0.15, 0.2) is 22.7 Å². The minimum absolute atomic E-state index is 0.420. The summed E-state index contributed by atoms with van der Waals surface area (Å²) in [5.74, 6) is 0.685. The minimum atomic E-state index is 0.420. The summed E-state index contributed by atoms with van der Waals surface area (Å²) in [5, 5.41) is 3.73. The van der Waals surface area contributed by atoms with Crippen LogP contribution in [0.25, 0.3) is 0 Å². The van der Waals surface area contributed by atoms with Gasteiger partial charge >= 0.3 is 0 Å². The Kier molecular flexibility index (Phi) is 3.73. The molecule has 1 aliphatic heterocycles. The van der Waals surface area contributed by atoms with Crippen LogP contribution in [0, 0.1) is 5.92 Å². The molecule has 3 rings (SSSR count). The highest BCUT2D eigenvalue weighted by Gasteiger charge is 2.27. The summed E-state index contributed by atoms with van der Waals surface area (Å²) in [6, 6.07) is 7.22. The van der Waals surface area contributed by atoms with E-state index in [9.17, 15) is 0 Å². The molecule has 0 amide bonds. The van der Waals surface area contributed by atoms with Gasteiger partial charge in [0, 0.05) is 23.7 Å². The normalized spacial score (nSPS) is 30.7. The molecule has 2 nitrogen and oxygen atoms in total. The third-order valence-electron chi connectivity index (χ3n) is 4.34. The zero-order chi connectivity index (χ0) is 12.5. The van der Waals surface area contributed by atoms with Crippen molar-refractivity contribution in [1.82, 2.24) is 5.32 Å². The lowest BCUT2D eigenvalue weighted by molar-refractivity contribution is 0.105. The fourth-order valence-corrected chi connectivity index (χ4v) is 3.54. The highest BCUT2D eigenvalue weighted by atomic mass is 79.9. The third-order valence-corrected chi connectivity index (χ3v) is 4.84. The molecule has 1 heterocycles. The molecule has 1 fully saturated rings. The number of benzene rings is 1. The lowest BCUT2D eigenvalue weighted by atomic mass is 10.0. The van der Waals surface area contributed by atoms with E-state index in [4.69, 9.17) is 4.74 Å². The van der Waals surface area contributed by atoms with E-state index in [1.54, 1.807) is 0 Å². The van der Waals surface area contributed by atoms with Crippen LogP contribution in [0.3, 0.4) is 0 Å². The number of aryl methyl sites for hydroxylation is 1. The summed E-state index contributed by atoms with van der Waals surface area (Å²) in [6.07, 6.45) is 4.05. The molecule has 1 saturated heterocycles. The van der Waals surface area contributed by atoms with Crippen molar-refractivity contribution in [2.75, 3.05) is 13.2 Å². The van der Waals surface area contributed by atoms with Gasteiger partial charge < -0.3 is 10.1 Å². The first-order chi connectivity index (χ1) is 8.74. The van der Waals surface area contributed by atoms with Crippen molar-refractivity contribution in [3.05, 3.63) is 33.8 Å². The maximum Gasteiger partial charge on any atom is 0.0588 e. The number of halogens is 1. The molecule has 0 saturated carbocycles. The van der Waals surface area contributed by atoms with Gasteiger partial charge in [-0.15, -0.1) is 0 Å². The van der Waals surface area contributed by atoms with Crippen LogP contribution in [0.4, 0.5) is 0 Å². The Morgan fingerprint density at radius 1 is 1.39 bits per heavy atom. The number of hydrogen-bond donors (Lipinski definition) is 1. The Bertz CT molecular complexity index is 435. The fraction of sp³-hybridized carbons (Fsp3) is 0.600. The van der Waals surface area contributed by atoms with E-state index in [1.165, 1.54) is 34.9 Å². The molecule has 1 aromatic rings. The monoisotopic (exact) mass is 309 g/mol. The first-order valence-electron chi connectivity index (χ1n) is 6.87. The molecule has 0 spiro atoms. The van der Waals surface area contributed by atoms with Crippen molar-refractivity contribution in [2.45, 2.75) is 38.3 Å². The van der Waals surface area contributed by atoms with Crippen LogP contribution in [-0.4, -0.2) is 19.3 Å². The number of nitrogens with one attached hydrogen (secondary N) is 1. The summed E-state index contributed by atoms with van der Waals surface area (Å²) in [5.41, 5.74) is 2.99. The van der Waals surface area contributed by atoms with Gasteiger partial charge in [-0.3, -0.25) is 0 Å². The highest BCUT2D eigenvalue weighted by Crippen LogP contribution is 2.33. The molecule has 3 unspecified atom stereocenters. The molecule has 0 radical (unpaired) electrons. The van der Waals surface area contributed by atoms with Crippen molar-refractivity contribution in [2.24, 2.45) is 5.92 Å². The van der Waals surface area contributed by atoms with Gasteiger partial charge in [0.1, 0.15) is 0 Å². The summed E-state index contributed by atoms with van der Waals surface area (Å²) in [6.45, 7) is 4.21. The van der Waals surface area contributed by atoms with Crippen LogP contribution in [0.5, 0.6) is 0 Å². The molecule has 98 valence electrons. The zero-order valence-corrected chi connectivity index (χ0v) is 12.4. The van der Waals surface area contributed by atoms with Gasteiger partial charge in [-0.05, 0) is 55.4 Å². The van der Waals surface area contributed by atoms with Crippen LogP contribution < -0.4 is 5.32 Å². The smallest absolute Gasteiger partial charge is 0.0588 e. The predicted octanol–water partition coefficient (Wildman–Crippen LogP) is 3.45. The lowest BCUT2D eigenvalue weighted by Crippen LogP contribution is -2.29. The minimum Gasteiger partial charge on any atom is -0.378 e. The Labute approximate surface area is 117 Å². The molecule has 3 atom stereocenters. The maximum atomic E-state index is 5.62. The number of fused-ring (bicyclic) bond motifs is 1. The molecule has 2 aliphatic rings. The van der Waals surface area contributed by atoms with Gasteiger partial charge in [-0.25, -0.2) is 0 Å². The molecular weight excluding hydrogens is 290 g/mol. The van der Waals surface area contributed by atoms with Gasteiger partial charge in [0.15, 0.2) is 0 Å². The van der Waals surface area contributed by atoms with Gasteiger partial charge in [0.2, 0.25) is 0 Å². The van der Waals surface area contributed by atoms with E-state index in [0.29, 0.717) is 18.1 Å². The van der Waals surface area contributed by atoms with Gasteiger partial charge in [0.25, 0.3) is 0 Å². The van der Waals surface area contributed by atoms with E-state index >= 15 is 0 Å². The number of ether oxygens (including phenoxy) is 1. The molecule has 0 aromatic heterocycles. The van der Waals surface area contributed by atoms with E-state index in [-0.39, 0.29) is 0 Å². The Morgan fingerprint density at radius 3 is 3.06 bits per heavy atom. The van der Waals surface area contributed by atoms with Gasteiger partial charge in [-0.1, -0.05) is 22.0 Å². The summed E-state index contributed by atoms with van der Waals surface area (Å²) < 4.78 is 6.81. The number of rotatable bonds is 3. The van der Waals surface area contributed by atoms with E-state index in [1.807, 2.05) is 0 Å². The molecule has 18 heavy (non-hydrogen) atoms. The van der Waals surface area contributed by atoms with E-state index < -0.39 is 0 Å². The quantitative estimate of drug-likeness (QED) is 0.923. The van der Waals surface area contributed by atoms with Crippen LogP contribution in [0.1, 0.15) is 36.9 Å². The summed E-state index contributed by atoms with van der Waals surface area (Å²) >= 11 is 3.55. The first-order valence-corrected chi connectivity index (χ1v) is 7.66. The highest BCUT2D eigenvalue weighted by molar-refractivity contribution is 9.10. The van der Waals surface area contributed by atoms with Crippen molar-refractivity contribution < 1.29 is 4.74 Å². The topological polar surface area (TPSA) is 21.3 Å². The van der Waals surface area contributed by atoms with Crippen molar-refractivity contribution in [1.29, 1.82) is 0 Å². The Balaban J connectivity index is 1.62. The first kappa shape index (κ1) is 12.6. The largest absolute Gasteiger partial charge is 0.378 e. The average molecular weight is 310 g/mol. The van der Waals surface area contributed by atoms with Crippen LogP contribution >= 0.6 is 15.9 Å². The number of hydrogen-bond acceptors (Lipinski definition) is 2. The van der Waals surface area contributed by atoms with Gasteiger partial charge in [0.05, 0.1) is 6.10 Å². The molecule has 1 N–H and O–H groups in total. The van der Waals surface area contributed by atoms with Crippen LogP contribution in [0.2, 0.25) is 0 Å². The van der Waals surface area contributed by atoms with E-state index in [0.717, 1.165) is 13.2 Å². The standard InChI is InChI=1S/C15H20BrNO/c1-10-12(6-7-18-10)9-17-15-5-2-11-8-13(16)3-4-14(11)15/h3-4,8,10,12,15,17H,2,5-7,9H2,1H3. The Morgan fingerprint density at radius 2 is 2.28 bits per heavy atom. The summed E-state index contributed by atoms with van der Waals surface area (Å²) in [4.78, 5) is 0. The molecule has 1 aromatic carbocycles. The molecular formula is C15H20BrNO. The molecule has 3 heteroatoms. The maximum absolute atomic E-state index is 5.62. The van der Waals surface area contributed by atoms with E-state index in [2.05, 4.69) is 46.4 Å². The fourth-order valence-electron chi connectivity index (χ4n) is 3.14. The van der Waals surface area contributed by atoms with Crippen molar-refractivity contribution in [3.8, 4) is 0 Å². The Hall–Kier alpha value is -0.380. The zero-order valence-electron chi connectivity index (χ0n) is 10.8. The SMILES string of the molecule is CC1OCCC1CNC1CCc2cc(Br)ccc21. The lowest BCUT2D eigenvalue weighted by Gasteiger charge is -2.19. The predicted molar refractivity (Wildman–Crippen MR) is 76.7 cm³/mol. The third kappa shape index (κ3) is 2.49.